The lowest BCUT2D eigenvalue weighted by molar-refractivity contribution is -0.113. The molecule has 0 aliphatic rings. The molecule has 0 bridgehead atoms. The van der Waals surface area contributed by atoms with Crippen LogP contribution in [0.2, 0.25) is 5.02 Å². The van der Waals surface area contributed by atoms with Gasteiger partial charge in [-0.1, -0.05) is 47.6 Å². The number of fused-ring (bicyclic) bond motifs is 3. The lowest BCUT2D eigenvalue weighted by atomic mass is 10.2. The number of nitrogens with zero attached hydrogens (tertiary/aromatic N) is 6. The fourth-order valence-corrected chi connectivity index (χ4v) is 4.84. The fraction of sp³-hybridized carbons (Fsp3) is 0.174. The number of hydrogen-bond donors (Lipinski definition) is 1. The third-order valence-electron chi connectivity index (χ3n) is 5.68. The van der Waals surface area contributed by atoms with Crippen molar-refractivity contribution in [3.63, 3.8) is 0 Å². The van der Waals surface area contributed by atoms with E-state index in [-0.39, 0.29) is 29.5 Å². The highest BCUT2D eigenvalue weighted by molar-refractivity contribution is 7.99. The maximum absolute atomic E-state index is 13.4. The summed E-state index contributed by atoms with van der Waals surface area (Å²) >= 11 is 7.21. The van der Waals surface area contributed by atoms with Gasteiger partial charge >= 0.3 is 5.69 Å². The summed E-state index contributed by atoms with van der Waals surface area (Å²) in [7, 11) is 2.94. The van der Waals surface area contributed by atoms with Crippen LogP contribution in [0.4, 0.5) is 10.1 Å². The minimum absolute atomic E-state index is 0.0184. The molecule has 0 spiro atoms. The molecule has 1 amide bonds. The Hall–Kier alpha value is -3.90. The number of amides is 1. The number of benzene rings is 2. The van der Waals surface area contributed by atoms with E-state index in [1.807, 2.05) is 0 Å². The van der Waals surface area contributed by atoms with Gasteiger partial charge in [-0.15, -0.1) is 10.2 Å². The van der Waals surface area contributed by atoms with Crippen molar-refractivity contribution in [2.24, 2.45) is 14.1 Å². The Morgan fingerprint density at radius 1 is 1.06 bits per heavy atom. The van der Waals surface area contributed by atoms with Crippen molar-refractivity contribution in [1.82, 2.24) is 28.3 Å². The van der Waals surface area contributed by atoms with Crippen molar-refractivity contribution in [2.45, 2.75) is 11.7 Å². The zero-order valence-corrected chi connectivity index (χ0v) is 20.7. The van der Waals surface area contributed by atoms with E-state index >= 15 is 0 Å². The predicted octanol–water partition coefficient (Wildman–Crippen LogP) is 2.65. The maximum atomic E-state index is 13.4. The first-order valence-corrected chi connectivity index (χ1v) is 12.1. The summed E-state index contributed by atoms with van der Waals surface area (Å²) < 4.78 is 19.0. The van der Waals surface area contributed by atoms with Gasteiger partial charge < -0.3 is 5.32 Å². The second kappa shape index (κ2) is 9.28. The molecule has 13 heteroatoms. The summed E-state index contributed by atoms with van der Waals surface area (Å²) in [5, 5.41) is 11.9. The molecular formula is C23H19ClFN7O3S. The van der Waals surface area contributed by atoms with Gasteiger partial charge in [0.1, 0.15) is 5.82 Å². The minimum atomic E-state index is -0.519. The molecule has 0 fully saturated rings. The van der Waals surface area contributed by atoms with Crippen LogP contribution in [-0.4, -0.2) is 40.0 Å². The molecular weight excluding hydrogens is 509 g/mol. The van der Waals surface area contributed by atoms with Crippen molar-refractivity contribution < 1.29 is 9.18 Å². The van der Waals surface area contributed by atoms with Gasteiger partial charge in [-0.2, -0.15) is 0 Å². The molecule has 0 aliphatic heterocycles. The normalized spacial score (nSPS) is 11.4. The third-order valence-corrected chi connectivity index (χ3v) is 6.94. The first-order valence-electron chi connectivity index (χ1n) is 10.7. The molecule has 0 aliphatic carbocycles. The van der Waals surface area contributed by atoms with Crippen molar-refractivity contribution >= 4 is 51.9 Å². The van der Waals surface area contributed by atoms with Crippen LogP contribution < -0.4 is 16.6 Å². The van der Waals surface area contributed by atoms with E-state index in [0.29, 0.717) is 27.3 Å². The Labute approximate surface area is 211 Å². The first kappa shape index (κ1) is 23.8. The summed E-state index contributed by atoms with van der Waals surface area (Å²) in [5.74, 6) is -0.405. The van der Waals surface area contributed by atoms with E-state index in [0.717, 1.165) is 21.9 Å². The van der Waals surface area contributed by atoms with Crippen LogP contribution in [0, 0.1) is 5.82 Å². The quantitative estimate of drug-likeness (QED) is 0.340. The first-order chi connectivity index (χ1) is 17.3. The molecule has 0 saturated heterocycles. The Morgan fingerprint density at radius 3 is 2.50 bits per heavy atom. The van der Waals surface area contributed by atoms with Gasteiger partial charge in [0.25, 0.3) is 5.56 Å². The van der Waals surface area contributed by atoms with E-state index in [1.165, 1.54) is 23.7 Å². The van der Waals surface area contributed by atoms with E-state index < -0.39 is 11.2 Å². The monoisotopic (exact) mass is 527 g/mol. The summed E-state index contributed by atoms with van der Waals surface area (Å²) in [6.45, 7) is 0.191. The van der Waals surface area contributed by atoms with Gasteiger partial charge in [-0.25, -0.2) is 13.6 Å². The summed E-state index contributed by atoms with van der Waals surface area (Å²) in [6.07, 6.45) is 0. The molecule has 2 aromatic carbocycles. The van der Waals surface area contributed by atoms with Gasteiger partial charge in [0.2, 0.25) is 11.7 Å². The van der Waals surface area contributed by atoms with Crippen LogP contribution in [0.25, 0.3) is 16.9 Å². The van der Waals surface area contributed by atoms with Crippen molar-refractivity contribution in [2.75, 3.05) is 11.1 Å². The molecule has 36 heavy (non-hydrogen) atoms. The fourth-order valence-electron chi connectivity index (χ4n) is 3.92. The summed E-state index contributed by atoms with van der Waals surface area (Å²) in [4.78, 5) is 38.5. The number of para-hydroxylation sites is 1. The zero-order chi connectivity index (χ0) is 25.6. The Kier molecular flexibility index (Phi) is 6.14. The SMILES string of the molecule is Cn1c(=O)c2c(n(C)c1=O)n1c(SCC(=O)Nc3ccccc3Cl)nnc1n2Cc1ccc(F)cc1. The van der Waals surface area contributed by atoms with Gasteiger partial charge in [0.05, 0.1) is 23.0 Å². The third kappa shape index (κ3) is 4.07. The van der Waals surface area contributed by atoms with Crippen LogP contribution in [0.5, 0.6) is 0 Å². The molecule has 5 rings (SSSR count). The molecule has 1 N–H and O–H groups in total. The number of aromatic nitrogens is 6. The van der Waals surface area contributed by atoms with Crippen LogP contribution in [0.1, 0.15) is 5.56 Å². The second-order valence-corrected chi connectivity index (χ2v) is 9.37. The Bertz CT molecular complexity index is 1750. The van der Waals surface area contributed by atoms with Crippen LogP contribution >= 0.6 is 23.4 Å². The molecule has 10 nitrogen and oxygen atoms in total. The lowest BCUT2D eigenvalue weighted by Crippen LogP contribution is -2.37. The van der Waals surface area contributed by atoms with E-state index in [4.69, 9.17) is 11.6 Å². The molecule has 0 radical (unpaired) electrons. The van der Waals surface area contributed by atoms with Gasteiger partial charge in [0, 0.05) is 14.1 Å². The molecule has 0 saturated carbocycles. The standard InChI is InChI=1S/C23H19ClFN7O3S/c1-29-19-18(20(34)30(2)23(29)35)31(11-13-7-9-14(25)10-8-13)21-27-28-22(32(19)21)36-12-17(33)26-16-6-4-3-5-15(16)24/h3-10H,11-12H2,1-2H3,(H,26,33). The lowest BCUT2D eigenvalue weighted by Gasteiger charge is -2.08. The van der Waals surface area contributed by atoms with Crippen molar-refractivity contribution in [3.05, 3.63) is 85.8 Å². The molecule has 0 unspecified atom stereocenters. The van der Waals surface area contributed by atoms with E-state index in [9.17, 15) is 18.8 Å². The van der Waals surface area contributed by atoms with E-state index in [1.54, 1.807) is 52.4 Å². The smallest absolute Gasteiger partial charge is 0.324 e. The number of carbonyl (C=O) groups is 1. The number of rotatable bonds is 6. The Balaban J connectivity index is 1.58. The number of carbonyl (C=O) groups excluding carboxylic acids is 1. The van der Waals surface area contributed by atoms with E-state index in [2.05, 4.69) is 15.5 Å². The second-order valence-electron chi connectivity index (χ2n) is 8.03. The number of thioether (sulfide) groups is 1. The Morgan fingerprint density at radius 2 is 1.78 bits per heavy atom. The van der Waals surface area contributed by atoms with Crippen molar-refractivity contribution in [1.29, 1.82) is 0 Å². The zero-order valence-electron chi connectivity index (χ0n) is 19.1. The molecule has 5 aromatic rings. The average Bonchev–Trinajstić information content (AvgIpc) is 3.41. The van der Waals surface area contributed by atoms with Crippen LogP contribution in [0.3, 0.4) is 0 Å². The largest absolute Gasteiger partial charge is 0.332 e. The molecule has 0 atom stereocenters. The van der Waals surface area contributed by atoms with Crippen LogP contribution in [0.15, 0.2) is 63.3 Å². The number of hydrogen-bond acceptors (Lipinski definition) is 6. The van der Waals surface area contributed by atoms with Crippen molar-refractivity contribution in [3.8, 4) is 0 Å². The molecule has 3 heterocycles. The highest BCUT2D eigenvalue weighted by Crippen LogP contribution is 2.25. The maximum Gasteiger partial charge on any atom is 0.332 e. The number of imidazole rings is 1. The van der Waals surface area contributed by atoms with Gasteiger partial charge in [-0.05, 0) is 29.8 Å². The van der Waals surface area contributed by atoms with Gasteiger partial charge in [0.15, 0.2) is 16.3 Å². The number of halogens is 2. The highest BCUT2D eigenvalue weighted by atomic mass is 35.5. The average molecular weight is 528 g/mol. The van der Waals surface area contributed by atoms with Gasteiger partial charge in [-0.3, -0.25) is 23.3 Å². The predicted molar refractivity (Wildman–Crippen MR) is 135 cm³/mol. The number of nitrogens with one attached hydrogen (secondary N) is 1. The molecule has 3 aromatic heterocycles. The summed E-state index contributed by atoms with van der Waals surface area (Å²) in [6, 6.07) is 12.7. The topological polar surface area (TPSA) is 108 Å². The van der Waals surface area contributed by atoms with Crippen LogP contribution in [-0.2, 0) is 25.4 Å². The number of aryl methyl sites for hydroxylation is 1. The molecule has 184 valence electrons. The highest BCUT2D eigenvalue weighted by Gasteiger charge is 2.24. The number of anilines is 1. The summed E-state index contributed by atoms with van der Waals surface area (Å²) in [5.41, 5.74) is 0.707. The minimum Gasteiger partial charge on any atom is -0.324 e.